The van der Waals surface area contributed by atoms with Crippen LogP contribution < -0.4 is 15.5 Å². The lowest BCUT2D eigenvalue weighted by atomic mass is 10.1. The summed E-state index contributed by atoms with van der Waals surface area (Å²) in [6.07, 6.45) is 1.35. The second-order valence-corrected chi connectivity index (χ2v) is 7.07. The van der Waals surface area contributed by atoms with Crippen LogP contribution in [0.2, 0.25) is 0 Å². The highest BCUT2D eigenvalue weighted by molar-refractivity contribution is 5.91. The van der Waals surface area contributed by atoms with E-state index in [1.54, 1.807) is 0 Å². The summed E-state index contributed by atoms with van der Waals surface area (Å²) < 4.78 is 0. The number of likely N-dealkylation sites (N-methyl/N-ethyl adjacent to an activating group) is 1. The quantitative estimate of drug-likeness (QED) is 0.788. The van der Waals surface area contributed by atoms with Gasteiger partial charge in [0.25, 0.3) is 0 Å². The van der Waals surface area contributed by atoms with Gasteiger partial charge >= 0.3 is 0 Å². The van der Waals surface area contributed by atoms with Gasteiger partial charge in [0.05, 0.1) is 0 Å². The van der Waals surface area contributed by atoms with Crippen LogP contribution in [-0.4, -0.2) is 50.6 Å². The summed E-state index contributed by atoms with van der Waals surface area (Å²) >= 11 is 0. The maximum atomic E-state index is 12.2. The molecule has 5 heteroatoms. The molecular weight excluding hydrogens is 336 g/mol. The number of piperazine rings is 1. The lowest BCUT2D eigenvalue weighted by Gasteiger charge is -2.34. The summed E-state index contributed by atoms with van der Waals surface area (Å²) in [4.78, 5) is 17.0. The Balaban J connectivity index is 1.44. The van der Waals surface area contributed by atoms with E-state index in [4.69, 9.17) is 0 Å². The molecular formula is C22H30N4O. The third-order valence-electron chi connectivity index (χ3n) is 5.09. The van der Waals surface area contributed by atoms with Gasteiger partial charge in [-0.3, -0.25) is 4.79 Å². The Morgan fingerprint density at radius 1 is 1.00 bits per heavy atom. The predicted molar refractivity (Wildman–Crippen MR) is 114 cm³/mol. The van der Waals surface area contributed by atoms with E-state index in [9.17, 15) is 4.79 Å². The standard InChI is InChI=1S/C22H30N4O/c1-3-18-6-4-5-7-21(18)24-22(27)12-13-23-19-8-10-20(11-9-19)26-16-14-25(2)15-17-26/h4-11,23H,3,12-17H2,1-2H3,(H,24,27). The normalized spacial score (nSPS) is 14.8. The zero-order valence-corrected chi connectivity index (χ0v) is 16.4. The molecule has 3 rings (SSSR count). The van der Waals surface area contributed by atoms with Crippen molar-refractivity contribution in [2.75, 3.05) is 55.3 Å². The lowest BCUT2D eigenvalue weighted by molar-refractivity contribution is -0.115. The van der Waals surface area contributed by atoms with Crippen molar-refractivity contribution in [2.45, 2.75) is 19.8 Å². The third-order valence-corrected chi connectivity index (χ3v) is 5.09. The minimum atomic E-state index is 0.0393. The number of carbonyl (C=O) groups excluding carboxylic acids is 1. The van der Waals surface area contributed by atoms with E-state index in [-0.39, 0.29) is 5.91 Å². The Morgan fingerprint density at radius 3 is 2.41 bits per heavy atom. The van der Waals surface area contributed by atoms with E-state index in [0.29, 0.717) is 13.0 Å². The van der Waals surface area contributed by atoms with E-state index in [2.05, 4.69) is 64.7 Å². The highest BCUT2D eigenvalue weighted by Crippen LogP contribution is 2.19. The van der Waals surface area contributed by atoms with E-state index in [1.807, 2.05) is 18.2 Å². The van der Waals surface area contributed by atoms with Crippen LogP contribution in [0.3, 0.4) is 0 Å². The van der Waals surface area contributed by atoms with Crippen LogP contribution in [0.15, 0.2) is 48.5 Å². The number of hydrogen-bond donors (Lipinski definition) is 2. The van der Waals surface area contributed by atoms with Gasteiger partial charge in [-0.1, -0.05) is 25.1 Å². The molecule has 0 unspecified atom stereocenters. The van der Waals surface area contributed by atoms with Gasteiger partial charge in [0.15, 0.2) is 0 Å². The first-order valence-electron chi connectivity index (χ1n) is 9.81. The third kappa shape index (κ3) is 5.47. The van der Waals surface area contributed by atoms with Gasteiger partial charge in [0.1, 0.15) is 0 Å². The van der Waals surface area contributed by atoms with Crippen molar-refractivity contribution >= 4 is 23.0 Å². The van der Waals surface area contributed by atoms with E-state index < -0.39 is 0 Å². The molecule has 1 amide bonds. The SMILES string of the molecule is CCc1ccccc1NC(=O)CCNc1ccc(N2CCN(C)CC2)cc1. The maximum Gasteiger partial charge on any atom is 0.226 e. The number of nitrogens with zero attached hydrogens (tertiary/aromatic N) is 2. The Bertz CT molecular complexity index is 736. The number of aryl methyl sites for hydroxylation is 1. The molecule has 2 N–H and O–H groups in total. The average molecular weight is 367 g/mol. The molecule has 0 bridgehead atoms. The zero-order valence-electron chi connectivity index (χ0n) is 16.4. The topological polar surface area (TPSA) is 47.6 Å². The van der Waals surface area contributed by atoms with Crippen LogP contribution in [0.5, 0.6) is 0 Å². The maximum absolute atomic E-state index is 12.2. The molecule has 144 valence electrons. The highest BCUT2D eigenvalue weighted by atomic mass is 16.1. The van der Waals surface area contributed by atoms with Crippen LogP contribution in [0, 0.1) is 0 Å². The van der Waals surface area contributed by atoms with Gasteiger partial charge in [-0.25, -0.2) is 0 Å². The minimum absolute atomic E-state index is 0.0393. The summed E-state index contributed by atoms with van der Waals surface area (Å²) in [5.41, 5.74) is 4.40. The first kappa shape index (κ1) is 19.2. The molecule has 1 fully saturated rings. The fourth-order valence-electron chi connectivity index (χ4n) is 3.34. The lowest BCUT2D eigenvalue weighted by Crippen LogP contribution is -2.44. The van der Waals surface area contributed by atoms with Crippen LogP contribution in [0.25, 0.3) is 0 Å². The zero-order chi connectivity index (χ0) is 19.1. The molecule has 1 aliphatic rings. The van der Waals surface area contributed by atoms with Gasteiger partial charge in [-0.2, -0.15) is 0 Å². The Morgan fingerprint density at radius 2 is 1.70 bits per heavy atom. The fraction of sp³-hybridized carbons (Fsp3) is 0.409. The van der Waals surface area contributed by atoms with E-state index in [1.165, 1.54) is 11.3 Å². The summed E-state index contributed by atoms with van der Waals surface area (Å²) in [6, 6.07) is 16.5. The van der Waals surface area contributed by atoms with E-state index >= 15 is 0 Å². The fourth-order valence-corrected chi connectivity index (χ4v) is 3.34. The van der Waals surface area contributed by atoms with Crippen molar-refractivity contribution in [1.82, 2.24) is 4.90 Å². The molecule has 0 atom stereocenters. The molecule has 1 heterocycles. The molecule has 5 nitrogen and oxygen atoms in total. The molecule has 1 aliphatic heterocycles. The average Bonchev–Trinajstić information content (AvgIpc) is 2.69. The van der Waals surface area contributed by atoms with E-state index in [0.717, 1.165) is 44.0 Å². The van der Waals surface area contributed by atoms with Crippen molar-refractivity contribution in [3.05, 3.63) is 54.1 Å². The predicted octanol–water partition coefficient (Wildman–Crippen LogP) is 3.44. The van der Waals surface area contributed by atoms with Crippen LogP contribution in [-0.2, 0) is 11.2 Å². The summed E-state index contributed by atoms with van der Waals surface area (Å²) in [5.74, 6) is 0.0393. The largest absolute Gasteiger partial charge is 0.385 e. The van der Waals surface area contributed by atoms with Gasteiger partial charge in [-0.05, 0) is 49.4 Å². The van der Waals surface area contributed by atoms with Crippen LogP contribution in [0.1, 0.15) is 18.9 Å². The van der Waals surface area contributed by atoms with Gasteiger partial charge in [0, 0.05) is 56.2 Å². The number of benzene rings is 2. The van der Waals surface area contributed by atoms with Crippen LogP contribution in [0.4, 0.5) is 17.1 Å². The molecule has 2 aromatic rings. The van der Waals surface area contributed by atoms with Crippen molar-refractivity contribution in [3.63, 3.8) is 0 Å². The first-order chi connectivity index (χ1) is 13.2. The van der Waals surface area contributed by atoms with Crippen LogP contribution >= 0.6 is 0 Å². The number of anilines is 3. The monoisotopic (exact) mass is 366 g/mol. The molecule has 27 heavy (non-hydrogen) atoms. The Kier molecular flexibility index (Phi) is 6.71. The number of amides is 1. The van der Waals surface area contributed by atoms with Crippen molar-refractivity contribution in [1.29, 1.82) is 0 Å². The number of rotatable bonds is 7. The Labute approximate surface area is 162 Å². The van der Waals surface area contributed by atoms with Crippen molar-refractivity contribution < 1.29 is 4.79 Å². The molecule has 1 saturated heterocycles. The van der Waals surface area contributed by atoms with Gasteiger partial charge in [-0.15, -0.1) is 0 Å². The van der Waals surface area contributed by atoms with Crippen molar-refractivity contribution in [2.24, 2.45) is 0 Å². The molecule has 2 aromatic carbocycles. The molecule has 0 aliphatic carbocycles. The molecule has 0 spiro atoms. The number of para-hydroxylation sites is 1. The summed E-state index contributed by atoms with van der Waals surface area (Å²) in [7, 11) is 2.17. The number of carbonyl (C=O) groups is 1. The van der Waals surface area contributed by atoms with Gasteiger partial charge < -0.3 is 20.4 Å². The number of hydrogen-bond acceptors (Lipinski definition) is 4. The smallest absolute Gasteiger partial charge is 0.226 e. The molecule has 0 saturated carbocycles. The highest BCUT2D eigenvalue weighted by Gasteiger charge is 2.13. The summed E-state index contributed by atoms with van der Waals surface area (Å²) in [5, 5.41) is 6.35. The second-order valence-electron chi connectivity index (χ2n) is 7.07. The second kappa shape index (κ2) is 9.42. The van der Waals surface area contributed by atoms with Crippen molar-refractivity contribution in [3.8, 4) is 0 Å². The Hall–Kier alpha value is -2.53. The molecule has 0 radical (unpaired) electrons. The molecule has 0 aromatic heterocycles. The first-order valence-corrected chi connectivity index (χ1v) is 9.81. The van der Waals surface area contributed by atoms with Gasteiger partial charge in [0.2, 0.25) is 5.91 Å². The minimum Gasteiger partial charge on any atom is -0.385 e. The summed E-state index contributed by atoms with van der Waals surface area (Å²) in [6.45, 7) is 7.07. The number of nitrogens with one attached hydrogen (secondary N) is 2.